The molecular formula is C21H21N3O2. The monoisotopic (exact) mass is 347 g/mol. The van der Waals surface area contributed by atoms with Crippen molar-refractivity contribution in [2.75, 3.05) is 18.5 Å². The second kappa shape index (κ2) is 7.04. The van der Waals surface area contributed by atoms with Crippen LogP contribution in [0.15, 0.2) is 54.9 Å². The minimum Gasteiger partial charge on any atom is -0.461 e. The predicted octanol–water partition coefficient (Wildman–Crippen LogP) is 4.07. The van der Waals surface area contributed by atoms with E-state index in [1.165, 1.54) is 5.56 Å². The maximum Gasteiger partial charge on any atom is 0.359 e. The number of rotatable bonds is 4. The van der Waals surface area contributed by atoms with Crippen LogP contribution in [0, 0.1) is 0 Å². The number of hydrogen-bond acceptors (Lipinski definition) is 4. The van der Waals surface area contributed by atoms with Gasteiger partial charge in [0.05, 0.1) is 12.3 Å². The number of aryl methyl sites for hydroxylation is 1. The number of carbonyl (C=O) groups is 1. The Morgan fingerprint density at radius 2 is 2.08 bits per heavy atom. The van der Waals surface area contributed by atoms with Gasteiger partial charge in [0.2, 0.25) is 0 Å². The third-order valence-corrected chi connectivity index (χ3v) is 4.59. The van der Waals surface area contributed by atoms with Gasteiger partial charge in [0.15, 0.2) is 5.69 Å². The van der Waals surface area contributed by atoms with Gasteiger partial charge in [0.1, 0.15) is 6.33 Å². The summed E-state index contributed by atoms with van der Waals surface area (Å²) < 4.78 is 7.16. The van der Waals surface area contributed by atoms with Gasteiger partial charge in [-0.1, -0.05) is 36.4 Å². The first-order valence-corrected chi connectivity index (χ1v) is 8.95. The normalized spacial score (nSPS) is 13.0. The maximum absolute atomic E-state index is 12.4. The number of nitrogens with zero attached hydrogens (tertiary/aromatic N) is 2. The molecule has 0 unspecified atom stereocenters. The predicted molar refractivity (Wildman–Crippen MR) is 102 cm³/mol. The van der Waals surface area contributed by atoms with Crippen molar-refractivity contribution in [3.05, 3.63) is 66.1 Å². The third kappa shape index (κ3) is 2.96. The second-order valence-corrected chi connectivity index (χ2v) is 6.27. The van der Waals surface area contributed by atoms with Crippen molar-refractivity contribution in [1.82, 2.24) is 9.55 Å². The van der Waals surface area contributed by atoms with Gasteiger partial charge in [-0.05, 0) is 37.5 Å². The summed E-state index contributed by atoms with van der Waals surface area (Å²) in [5.41, 5.74) is 5.47. The molecule has 1 aliphatic heterocycles. The highest BCUT2D eigenvalue weighted by Crippen LogP contribution is 2.30. The molecule has 0 fully saturated rings. The SMILES string of the molecule is CCOC(=O)c1ncn(-c2ccc3c(c2)NCCC3)c1-c1ccccc1. The van der Waals surface area contributed by atoms with E-state index in [2.05, 4.69) is 28.5 Å². The lowest BCUT2D eigenvalue weighted by Crippen LogP contribution is -2.12. The molecule has 2 aromatic carbocycles. The van der Waals surface area contributed by atoms with Crippen LogP contribution < -0.4 is 5.32 Å². The van der Waals surface area contributed by atoms with Crippen LogP contribution in [0.3, 0.4) is 0 Å². The molecule has 0 atom stereocenters. The standard InChI is InChI=1S/C21H21N3O2/c1-2-26-21(25)19-20(16-7-4-3-5-8-16)24(14-23-19)17-11-10-15-9-6-12-22-18(15)13-17/h3-5,7-8,10-11,13-14,22H,2,6,9,12H2,1H3. The van der Waals surface area contributed by atoms with E-state index >= 15 is 0 Å². The van der Waals surface area contributed by atoms with Crippen LogP contribution in [-0.2, 0) is 11.2 Å². The first-order chi connectivity index (χ1) is 12.8. The van der Waals surface area contributed by atoms with Crippen LogP contribution in [0.2, 0.25) is 0 Å². The molecular weight excluding hydrogens is 326 g/mol. The molecule has 1 aromatic heterocycles. The Morgan fingerprint density at radius 3 is 2.88 bits per heavy atom. The topological polar surface area (TPSA) is 56.1 Å². The Morgan fingerprint density at radius 1 is 1.23 bits per heavy atom. The van der Waals surface area contributed by atoms with Gasteiger partial charge in [0.25, 0.3) is 0 Å². The summed E-state index contributed by atoms with van der Waals surface area (Å²) in [6.07, 6.45) is 3.94. The van der Waals surface area contributed by atoms with Gasteiger partial charge in [-0.15, -0.1) is 0 Å². The van der Waals surface area contributed by atoms with Crippen LogP contribution in [0.1, 0.15) is 29.4 Å². The number of ether oxygens (including phenoxy) is 1. The molecule has 0 saturated carbocycles. The average Bonchev–Trinajstić information content (AvgIpc) is 3.14. The van der Waals surface area contributed by atoms with E-state index in [0.717, 1.165) is 42.0 Å². The highest BCUT2D eigenvalue weighted by atomic mass is 16.5. The van der Waals surface area contributed by atoms with Crippen molar-refractivity contribution >= 4 is 11.7 Å². The van der Waals surface area contributed by atoms with Gasteiger partial charge >= 0.3 is 5.97 Å². The Balaban J connectivity index is 1.85. The number of anilines is 1. The van der Waals surface area contributed by atoms with Crippen LogP contribution in [-0.4, -0.2) is 28.7 Å². The summed E-state index contributed by atoms with van der Waals surface area (Å²) in [4.78, 5) is 16.8. The summed E-state index contributed by atoms with van der Waals surface area (Å²) in [5, 5.41) is 3.46. The van der Waals surface area contributed by atoms with E-state index in [4.69, 9.17) is 4.74 Å². The number of hydrogen-bond donors (Lipinski definition) is 1. The fourth-order valence-electron chi connectivity index (χ4n) is 3.36. The lowest BCUT2D eigenvalue weighted by atomic mass is 10.0. The van der Waals surface area contributed by atoms with Crippen LogP contribution in [0.25, 0.3) is 16.9 Å². The number of fused-ring (bicyclic) bond motifs is 1. The quantitative estimate of drug-likeness (QED) is 0.723. The highest BCUT2D eigenvalue weighted by Gasteiger charge is 2.22. The lowest BCUT2D eigenvalue weighted by Gasteiger charge is -2.19. The smallest absolute Gasteiger partial charge is 0.359 e. The first-order valence-electron chi connectivity index (χ1n) is 8.95. The zero-order chi connectivity index (χ0) is 17.9. The van der Waals surface area contributed by atoms with Crippen LogP contribution in [0.4, 0.5) is 5.69 Å². The fraction of sp³-hybridized carbons (Fsp3) is 0.238. The molecule has 2 heterocycles. The fourth-order valence-corrected chi connectivity index (χ4v) is 3.36. The zero-order valence-corrected chi connectivity index (χ0v) is 14.7. The van der Waals surface area contributed by atoms with Crippen molar-refractivity contribution in [3.8, 4) is 16.9 Å². The van der Waals surface area contributed by atoms with Crippen LogP contribution in [0.5, 0.6) is 0 Å². The van der Waals surface area contributed by atoms with Gasteiger partial charge in [-0.2, -0.15) is 0 Å². The number of nitrogens with one attached hydrogen (secondary N) is 1. The molecule has 132 valence electrons. The molecule has 0 radical (unpaired) electrons. The molecule has 4 rings (SSSR count). The Bertz CT molecular complexity index is 932. The van der Waals surface area contributed by atoms with Gasteiger partial charge < -0.3 is 10.1 Å². The van der Waals surface area contributed by atoms with E-state index in [1.807, 2.05) is 34.9 Å². The minimum absolute atomic E-state index is 0.322. The Labute approximate surface area is 152 Å². The van der Waals surface area contributed by atoms with Gasteiger partial charge in [-0.3, -0.25) is 4.57 Å². The van der Waals surface area contributed by atoms with E-state index in [9.17, 15) is 4.79 Å². The van der Waals surface area contributed by atoms with E-state index < -0.39 is 5.97 Å². The van der Waals surface area contributed by atoms with Gasteiger partial charge in [0, 0.05) is 23.5 Å². The third-order valence-electron chi connectivity index (χ3n) is 4.59. The zero-order valence-electron chi connectivity index (χ0n) is 14.7. The summed E-state index contributed by atoms with van der Waals surface area (Å²) in [5.74, 6) is -0.402. The van der Waals surface area contributed by atoms with Crippen molar-refractivity contribution < 1.29 is 9.53 Å². The molecule has 26 heavy (non-hydrogen) atoms. The molecule has 5 heteroatoms. The summed E-state index contributed by atoms with van der Waals surface area (Å²) >= 11 is 0. The molecule has 0 spiro atoms. The van der Waals surface area contributed by atoms with Crippen molar-refractivity contribution in [2.24, 2.45) is 0 Å². The average molecular weight is 347 g/mol. The van der Waals surface area contributed by atoms with E-state index in [-0.39, 0.29) is 0 Å². The molecule has 0 saturated heterocycles. The molecule has 1 N–H and O–H groups in total. The molecule has 0 aliphatic carbocycles. The summed E-state index contributed by atoms with van der Waals surface area (Å²) in [6, 6.07) is 16.2. The number of esters is 1. The molecule has 0 amide bonds. The number of imidazole rings is 1. The Hall–Kier alpha value is -3.08. The number of aromatic nitrogens is 2. The van der Waals surface area contributed by atoms with Crippen molar-refractivity contribution in [3.63, 3.8) is 0 Å². The van der Waals surface area contributed by atoms with Crippen LogP contribution >= 0.6 is 0 Å². The summed E-state index contributed by atoms with van der Waals surface area (Å²) in [7, 11) is 0. The molecule has 1 aliphatic rings. The Kier molecular flexibility index (Phi) is 4.44. The largest absolute Gasteiger partial charge is 0.461 e. The first kappa shape index (κ1) is 16.4. The van der Waals surface area contributed by atoms with Gasteiger partial charge in [-0.25, -0.2) is 9.78 Å². The number of carbonyl (C=O) groups excluding carboxylic acids is 1. The minimum atomic E-state index is -0.402. The maximum atomic E-state index is 12.4. The second-order valence-electron chi connectivity index (χ2n) is 6.27. The molecule has 3 aromatic rings. The van der Waals surface area contributed by atoms with Crippen molar-refractivity contribution in [1.29, 1.82) is 0 Å². The summed E-state index contributed by atoms with van der Waals surface area (Å²) in [6.45, 7) is 3.11. The molecule has 5 nitrogen and oxygen atoms in total. The van der Waals surface area contributed by atoms with E-state index in [0.29, 0.717) is 12.3 Å². The number of benzene rings is 2. The molecule has 0 bridgehead atoms. The lowest BCUT2D eigenvalue weighted by molar-refractivity contribution is 0.0521. The van der Waals surface area contributed by atoms with Crippen molar-refractivity contribution in [2.45, 2.75) is 19.8 Å². The van der Waals surface area contributed by atoms with E-state index in [1.54, 1.807) is 13.3 Å². The highest BCUT2D eigenvalue weighted by molar-refractivity contribution is 5.94.